The van der Waals surface area contributed by atoms with Crippen LogP contribution < -0.4 is 10.2 Å². The van der Waals surface area contributed by atoms with Crippen molar-refractivity contribution in [3.63, 3.8) is 0 Å². The summed E-state index contributed by atoms with van der Waals surface area (Å²) in [5.41, 5.74) is 2.66. The molecule has 0 heterocycles. The number of rotatable bonds is 7. The van der Waals surface area contributed by atoms with Gasteiger partial charge in [0.05, 0.1) is 0 Å². The third-order valence-corrected chi connectivity index (χ3v) is 5.09. The van der Waals surface area contributed by atoms with Crippen LogP contribution in [-0.4, -0.2) is 20.1 Å². The van der Waals surface area contributed by atoms with Crippen molar-refractivity contribution >= 4 is 21.6 Å². The van der Waals surface area contributed by atoms with Gasteiger partial charge >= 0.3 is 0 Å². The van der Waals surface area contributed by atoms with Gasteiger partial charge < -0.3 is 10.2 Å². The number of hydrogen-bond donors (Lipinski definition) is 1. The summed E-state index contributed by atoms with van der Waals surface area (Å²) in [5.74, 6) is 1.58. The van der Waals surface area contributed by atoms with Gasteiger partial charge in [0.15, 0.2) is 0 Å². The molecule has 1 aromatic rings. The second kappa shape index (κ2) is 8.19. The van der Waals surface area contributed by atoms with Crippen LogP contribution in [0.5, 0.6) is 0 Å². The van der Waals surface area contributed by atoms with Gasteiger partial charge in [-0.1, -0.05) is 48.7 Å². The molecule has 1 fully saturated rings. The summed E-state index contributed by atoms with van der Waals surface area (Å²) in [5, 5.41) is 3.51. The van der Waals surface area contributed by atoms with Crippen LogP contribution in [0.1, 0.15) is 45.1 Å². The van der Waals surface area contributed by atoms with Crippen molar-refractivity contribution in [1.29, 1.82) is 0 Å². The molecule has 118 valence electrons. The fraction of sp³-hybridized carbons (Fsp3) is 0.667. The molecule has 0 spiro atoms. The zero-order valence-electron chi connectivity index (χ0n) is 13.7. The number of nitrogens with one attached hydrogen (secondary N) is 1. The first kappa shape index (κ1) is 16.8. The Kier molecular flexibility index (Phi) is 6.56. The van der Waals surface area contributed by atoms with Crippen LogP contribution in [0, 0.1) is 11.8 Å². The molecule has 2 nitrogen and oxygen atoms in total. The van der Waals surface area contributed by atoms with Crippen LogP contribution in [-0.2, 0) is 6.54 Å². The third kappa shape index (κ3) is 5.30. The predicted molar refractivity (Wildman–Crippen MR) is 95.9 cm³/mol. The monoisotopic (exact) mass is 352 g/mol. The maximum atomic E-state index is 3.73. The topological polar surface area (TPSA) is 15.3 Å². The highest BCUT2D eigenvalue weighted by atomic mass is 79.9. The lowest BCUT2D eigenvalue weighted by atomic mass is 10.1. The SMILES string of the molecule is CC(C)CNCc1ccc(N(C)CC2CCCC2)cc1Br. The second-order valence-corrected chi connectivity index (χ2v) is 7.69. The highest BCUT2D eigenvalue weighted by Crippen LogP contribution is 2.28. The van der Waals surface area contributed by atoms with E-state index in [0.717, 1.165) is 19.0 Å². The molecule has 0 atom stereocenters. The van der Waals surface area contributed by atoms with Crippen molar-refractivity contribution < 1.29 is 0 Å². The van der Waals surface area contributed by atoms with Gasteiger partial charge in [0.1, 0.15) is 0 Å². The summed E-state index contributed by atoms with van der Waals surface area (Å²) in [4.78, 5) is 2.41. The van der Waals surface area contributed by atoms with Crippen LogP contribution in [0.3, 0.4) is 0 Å². The van der Waals surface area contributed by atoms with Crippen molar-refractivity contribution in [1.82, 2.24) is 5.32 Å². The standard InChI is InChI=1S/C18H29BrN2/c1-14(2)11-20-12-16-8-9-17(10-18(16)19)21(3)13-15-6-4-5-7-15/h8-10,14-15,20H,4-7,11-13H2,1-3H3. The Morgan fingerprint density at radius 2 is 2.00 bits per heavy atom. The van der Waals surface area contributed by atoms with Crippen LogP contribution in [0.15, 0.2) is 22.7 Å². The number of benzene rings is 1. The Bertz CT molecular complexity index is 439. The molecule has 0 bridgehead atoms. The highest BCUT2D eigenvalue weighted by Gasteiger charge is 2.17. The molecule has 1 aliphatic carbocycles. The van der Waals surface area contributed by atoms with Crippen molar-refractivity contribution in [2.45, 2.75) is 46.1 Å². The van der Waals surface area contributed by atoms with Crippen molar-refractivity contribution in [3.05, 3.63) is 28.2 Å². The van der Waals surface area contributed by atoms with Gasteiger partial charge in [0, 0.05) is 30.3 Å². The molecule has 0 amide bonds. The van der Waals surface area contributed by atoms with E-state index >= 15 is 0 Å². The number of nitrogens with zero attached hydrogens (tertiary/aromatic N) is 1. The molecule has 21 heavy (non-hydrogen) atoms. The molecular weight excluding hydrogens is 324 g/mol. The van der Waals surface area contributed by atoms with Crippen molar-refractivity contribution in [3.8, 4) is 0 Å². The number of halogens is 1. The molecule has 1 N–H and O–H groups in total. The molecular formula is C18H29BrN2. The van der Waals surface area contributed by atoms with Crippen molar-refractivity contribution in [2.24, 2.45) is 11.8 Å². The highest BCUT2D eigenvalue weighted by molar-refractivity contribution is 9.10. The molecule has 1 aromatic carbocycles. The van der Waals surface area contributed by atoms with Crippen molar-refractivity contribution in [2.75, 3.05) is 25.0 Å². The third-order valence-electron chi connectivity index (χ3n) is 4.35. The average molecular weight is 353 g/mol. The van der Waals surface area contributed by atoms with Crippen LogP contribution in [0.4, 0.5) is 5.69 Å². The first-order valence-electron chi connectivity index (χ1n) is 8.26. The lowest BCUT2D eigenvalue weighted by Crippen LogP contribution is -2.24. The van der Waals surface area contributed by atoms with Gasteiger partial charge in [-0.3, -0.25) is 0 Å². The summed E-state index contributed by atoms with van der Waals surface area (Å²) in [7, 11) is 2.22. The van der Waals surface area contributed by atoms with E-state index in [9.17, 15) is 0 Å². The van der Waals surface area contributed by atoms with Crippen LogP contribution in [0.25, 0.3) is 0 Å². The first-order valence-corrected chi connectivity index (χ1v) is 9.06. The van der Waals surface area contributed by atoms with E-state index in [0.29, 0.717) is 5.92 Å². The molecule has 1 saturated carbocycles. The van der Waals surface area contributed by atoms with E-state index in [1.807, 2.05) is 0 Å². The Morgan fingerprint density at radius 1 is 1.29 bits per heavy atom. The summed E-state index contributed by atoms with van der Waals surface area (Å²) >= 11 is 3.73. The van der Waals surface area contributed by atoms with Gasteiger partial charge in [-0.15, -0.1) is 0 Å². The summed E-state index contributed by atoms with van der Waals surface area (Å²) in [6, 6.07) is 6.77. The first-order chi connectivity index (χ1) is 10.1. The molecule has 1 aliphatic rings. The Balaban J connectivity index is 1.90. The lowest BCUT2D eigenvalue weighted by Gasteiger charge is -2.24. The predicted octanol–water partition coefficient (Wildman–Crippen LogP) is 4.82. The van der Waals surface area contributed by atoms with E-state index in [2.05, 4.69) is 65.2 Å². The van der Waals surface area contributed by atoms with Gasteiger partial charge in [-0.25, -0.2) is 0 Å². The molecule has 3 heteroatoms. The second-order valence-electron chi connectivity index (χ2n) is 6.83. The van der Waals surface area contributed by atoms with Gasteiger partial charge in [0.25, 0.3) is 0 Å². The van der Waals surface area contributed by atoms with Crippen LogP contribution in [0.2, 0.25) is 0 Å². The van der Waals surface area contributed by atoms with E-state index in [1.54, 1.807) is 0 Å². The van der Waals surface area contributed by atoms with Gasteiger partial charge in [0.2, 0.25) is 0 Å². The Hall–Kier alpha value is -0.540. The van der Waals surface area contributed by atoms with Gasteiger partial charge in [-0.05, 0) is 48.9 Å². The smallest absolute Gasteiger partial charge is 0.0375 e. The minimum atomic E-state index is 0.695. The molecule has 0 aromatic heterocycles. The maximum Gasteiger partial charge on any atom is 0.0375 e. The summed E-state index contributed by atoms with van der Waals surface area (Å²) < 4.78 is 1.22. The molecule has 0 aliphatic heterocycles. The molecule has 0 saturated heterocycles. The Labute approximate surface area is 138 Å². The summed E-state index contributed by atoms with van der Waals surface area (Å²) in [6.45, 7) is 7.67. The summed E-state index contributed by atoms with van der Waals surface area (Å²) in [6.07, 6.45) is 5.65. The fourth-order valence-corrected chi connectivity index (χ4v) is 3.61. The van der Waals surface area contributed by atoms with E-state index in [4.69, 9.17) is 0 Å². The van der Waals surface area contributed by atoms with Crippen LogP contribution >= 0.6 is 15.9 Å². The maximum absolute atomic E-state index is 3.73. The molecule has 2 rings (SSSR count). The van der Waals surface area contributed by atoms with E-state index in [1.165, 1.54) is 48.0 Å². The normalized spacial score (nSPS) is 15.9. The zero-order chi connectivity index (χ0) is 15.2. The quantitative estimate of drug-likeness (QED) is 0.756. The van der Waals surface area contributed by atoms with E-state index < -0.39 is 0 Å². The largest absolute Gasteiger partial charge is 0.374 e. The van der Waals surface area contributed by atoms with Gasteiger partial charge in [-0.2, -0.15) is 0 Å². The minimum Gasteiger partial charge on any atom is -0.374 e. The minimum absolute atomic E-state index is 0.695. The Morgan fingerprint density at radius 3 is 2.62 bits per heavy atom. The molecule has 0 radical (unpaired) electrons. The average Bonchev–Trinajstić information content (AvgIpc) is 2.93. The number of hydrogen-bond acceptors (Lipinski definition) is 2. The molecule has 0 unspecified atom stereocenters. The fourth-order valence-electron chi connectivity index (χ4n) is 3.10. The lowest BCUT2D eigenvalue weighted by molar-refractivity contribution is 0.546. The number of anilines is 1. The van der Waals surface area contributed by atoms with E-state index in [-0.39, 0.29) is 0 Å². The zero-order valence-corrected chi connectivity index (χ0v) is 15.2.